The first-order valence-electron chi connectivity index (χ1n) is 12.3. The fourth-order valence-corrected chi connectivity index (χ4v) is 5.84. The van der Waals surface area contributed by atoms with Gasteiger partial charge in [-0.3, -0.25) is 9.89 Å². The number of thioether (sulfide) groups is 1. The lowest BCUT2D eigenvalue weighted by molar-refractivity contribution is 0.0203. The summed E-state index contributed by atoms with van der Waals surface area (Å²) < 4.78 is 11.3. The number of nitrogens with zero attached hydrogens (tertiary/aromatic N) is 2. The van der Waals surface area contributed by atoms with Crippen molar-refractivity contribution in [1.82, 2.24) is 15.5 Å². The van der Waals surface area contributed by atoms with Crippen molar-refractivity contribution in [2.45, 2.75) is 63.8 Å². The standard InChI is InChI=1S/C23H44N4O2S/c1-2-24-22(25-11-6-14-29-19-21-7-15-28-16-8-21)26-20-23(9-4-3-5-10-23)27-12-17-30-18-13-27/h21H,2-20H2,1H3,(H2,24,25,26). The minimum Gasteiger partial charge on any atom is -0.381 e. The summed E-state index contributed by atoms with van der Waals surface area (Å²) in [5, 5.41) is 6.98. The number of rotatable bonds is 10. The van der Waals surface area contributed by atoms with Gasteiger partial charge in [0.25, 0.3) is 0 Å². The van der Waals surface area contributed by atoms with E-state index < -0.39 is 0 Å². The van der Waals surface area contributed by atoms with Gasteiger partial charge in [-0.05, 0) is 44.9 Å². The van der Waals surface area contributed by atoms with Gasteiger partial charge in [0.1, 0.15) is 0 Å². The lowest BCUT2D eigenvalue weighted by Gasteiger charge is -2.47. The van der Waals surface area contributed by atoms with Crippen LogP contribution in [0.3, 0.4) is 0 Å². The van der Waals surface area contributed by atoms with Crippen molar-refractivity contribution in [2.75, 3.05) is 70.7 Å². The fourth-order valence-electron chi connectivity index (χ4n) is 4.93. The van der Waals surface area contributed by atoms with Gasteiger partial charge in [-0.15, -0.1) is 0 Å². The lowest BCUT2D eigenvalue weighted by atomic mass is 9.80. The quantitative estimate of drug-likeness (QED) is 0.309. The predicted molar refractivity (Wildman–Crippen MR) is 128 cm³/mol. The second-order valence-electron chi connectivity index (χ2n) is 8.99. The van der Waals surface area contributed by atoms with E-state index in [1.165, 1.54) is 56.7 Å². The minimum absolute atomic E-state index is 0.286. The van der Waals surface area contributed by atoms with E-state index in [1.54, 1.807) is 0 Å². The van der Waals surface area contributed by atoms with Crippen LogP contribution in [-0.2, 0) is 9.47 Å². The molecule has 7 heteroatoms. The van der Waals surface area contributed by atoms with E-state index in [1.807, 2.05) is 0 Å². The summed E-state index contributed by atoms with van der Waals surface area (Å²) >= 11 is 2.10. The smallest absolute Gasteiger partial charge is 0.191 e. The summed E-state index contributed by atoms with van der Waals surface area (Å²) in [5.41, 5.74) is 0.286. The molecule has 3 fully saturated rings. The van der Waals surface area contributed by atoms with E-state index in [-0.39, 0.29) is 5.54 Å². The highest BCUT2D eigenvalue weighted by Gasteiger charge is 2.38. The van der Waals surface area contributed by atoms with E-state index in [9.17, 15) is 0 Å². The summed E-state index contributed by atoms with van der Waals surface area (Å²) in [6.07, 6.45) is 10.0. The SMILES string of the molecule is CCNC(=NCC1(N2CCSCC2)CCCCC1)NCCCOCC1CCOCC1. The maximum absolute atomic E-state index is 5.90. The van der Waals surface area contributed by atoms with Crippen molar-refractivity contribution >= 4 is 17.7 Å². The normalized spacial score (nSPS) is 24.0. The highest BCUT2D eigenvalue weighted by atomic mass is 32.2. The number of ether oxygens (including phenoxy) is 2. The van der Waals surface area contributed by atoms with Gasteiger partial charge in [-0.1, -0.05) is 19.3 Å². The van der Waals surface area contributed by atoms with Gasteiger partial charge >= 0.3 is 0 Å². The van der Waals surface area contributed by atoms with Crippen LogP contribution in [0.1, 0.15) is 58.3 Å². The average Bonchev–Trinajstić information content (AvgIpc) is 2.81. The van der Waals surface area contributed by atoms with E-state index >= 15 is 0 Å². The lowest BCUT2D eigenvalue weighted by Crippen LogP contribution is -2.55. The Labute approximate surface area is 188 Å². The second-order valence-corrected chi connectivity index (χ2v) is 10.2. The molecule has 0 aromatic rings. The molecular weight excluding hydrogens is 396 g/mol. The second kappa shape index (κ2) is 13.8. The topological polar surface area (TPSA) is 58.1 Å². The molecule has 30 heavy (non-hydrogen) atoms. The van der Waals surface area contributed by atoms with Crippen LogP contribution in [0.25, 0.3) is 0 Å². The van der Waals surface area contributed by atoms with Crippen LogP contribution in [0.5, 0.6) is 0 Å². The third-order valence-electron chi connectivity index (χ3n) is 6.79. The van der Waals surface area contributed by atoms with E-state index in [0.717, 1.165) is 71.3 Å². The molecule has 0 aromatic carbocycles. The zero-order chi connectivity index (χ0) is 20.9. The van der Waals surface area contributed by atoms with Crippen LogP contribution >= 0.6 is 11.8 Å². The Morgan fingerprint density at radius 2 is 1.90 bits per heavy atom. The molecule has 0 aromatic heterocycles. The Bertz CT molecular complexity index is 488. The maximum atomic E-state index is 5.90. The summed E-state index contributed by atoms with van der Waals surface area (Å²) in [6, 6.07) is 0. The van der Waals surface area contributed by atoms with Crippen molar-refractivity contribution in [3.8, 4) is 0 Å². The molecule has 2 N–H and O–H groups in total. The Morgan fingerprint density at radius 3 is 2.63 bits per heavy atom. The van der Waals surface area contributed by atoms with Crippen LogP contribution in [-0.4, -0.2) is 87.1 Å². The summed E-state index contributed by atoms with van der Waals surface area (Å²) in [6.45, 7) is 10.8. The van der Waals surface area contributed by atoms with Gasteiger partial charge in [-0.2, -0.15) is 11.8 Å². The molecule has 0 amide bonds. The minimum atomic E-state index is 0.286. The fraction of sp³-hybridized carbons (Fsp3) is 0.957. The first-order valence-corrected chi connectivity index (χ1v) is 13.5. The Kier molecular flexibility index (Phi) is 11.1. The van der Waals surface area contributed by atoms with Crippen molar-refractivity contribution in [3.05, 3.63) is 0 Å². The third-order valence-corrected chi connectivity index (χ3v) is 7.74. The highest BCUT2D eigenvalue weighted by Crippen LogP contribution is 2.35. The first-order chi connectivity index (χ1) is 14.8. The molecule has 3 rings (SSSR count). The van der Waals surface area contributed by atoms with Crippen LogP contribution in [0.15, 0.2) is 4.99 Å². The number of aliphatic imine (C=N–C) groups is 1. The van der Waals surface area contributed by atoms with Crippen molar-refractivity contribution < 1.29 is 9.47 Å². The van der Waals surface area contributed by atoms with Crippen molar-refractivity contribution in [3.63, 3.8) is 0 Å². The number of guanidine groups is 1. The number of hydrogen-bond donors (Lipinski definition) is 2. The molecule has 0 radical (unpaired) electrons. The zero-order valence-electron chi connectivity index (χ0n) is 19.1. The molecular formula is C23H44N4O2S. The first kappa shape index (κ1) is 24.1. The Hall–Kier alpha value is -0.500. The summed E-state index contributed by atoms with van der Waals surface area (Å²) in [4.78, 5) is 7.83. The third kappa shape index (κ3) is 7.88. The molecule has 2 heterocycles. The monoisotopic (exact) mass is 440 g/mol. The molecule has 0 unspecified atom stereocenters. The Balaban J connectivity index is 1.41. The van der Waals surface area contributed by atoms with Crippen molar-refractivity contribution in [1.29, 1.82) is 0 Å². The molecule has 0 bridgehead atoms. The van der Waals surface area contributed by atoms with Gasteiger partial charge in [0.2, 0.25) is 0 Å². The molecule has 1 saturated carbocycles. The van der Waals surface area contributed by atoms with E-state index in [4.69, 9.17) is 14.5 Å². The number of nitrogens with one attached hydrogen (secondary N) is 2. The van der Waals surface area contributed by atoms with Crippen LogP contribution in [0.4, 0.5) is 0 Å². The molecule has 6 nitrogen and oxygen atoms in total. The molecule has 0 atom stereocenters. The maximum Gasteiger partial charge on any atom is 0.191 e. The van der Waals surface area contributed by atoms with Gasteiger partial charge in [0.05, 0.1) is 6.54 Å². The molecule has 0 spiro atoms. The summed E-state index contributed by atoms with van der Waals surface area (Å²) in [7, 11) is 0. The Morgan fingerprint density at radius 1 is 1.13 bits per heavy atom. The van der Waals surface area contributed by atoms with Gasteiger partial charge in [0, 0.05) is 69.7 Å². The van der Waals surface area contributed by atoms with Crippen LogP contribution < -0.4 is 10.6 Å². The average molecular weight is 441 g/mol. The van der Waals surface area contributed by atoms with Gasteiger partial charge < -0.3 is 20.1 Å². The van der Waals surface area contributed by atoms with E-state index in [2.05, 4.69) is 34.2 Å². The van der Waals surface area contributed by atoms with Crippen LogP contribution in [0, 0.1) is 5.92 Å². The predicted octanol–water partition coefficient (Wildman–Crippen LogP) is 3.13. The van der Waals surface area contributed by atoms with Gasteiger partial charge in [-0.25, -0.2) is 0 Å². The van der Waals surface area contributed by atoms with Gasteiger partial charge in [0.15, 0.2) is 5.96 Å². The molecule has 3 aliphatic rings. The summed E-state index contributed by atoms with van der Waals surface area (Å²) in [5.74, 6) is 4.21. The molecule has 174 valence electrons. The largest absolute Gasteiger partial charge is 0.381 e. The number of hydrogen-bond acceptors (Lipinski definition) is 5. The van der Waals surface area contributed by atoms with E-state index in [0.29, 0.717) is 5.92 Å². The molecule has 2 aliphatic heterocycles. The molecule has 2 saturated heterocycles. The highest BCUT2D eigenvalue weighted by molar-refractivity contribution is 7.99. The zero-order valence-corrected chi connectivity index (χ0v) is 19.9. The van der Waals surface area contributed by atoms with Crippen LogP contribution in [0.2, 0.25) is 0 Å². The molecule has 1 aliphatic carbocycles. The van der Waals surface area contributed by atoms with Crippen molar-refractivity contribution in [2.24, 2.45) is 10.9 Å².